The van der Waals surface area contributed by atoms with E-state index in [2.05, 4.69) is 15.0 Å². The summed E-state index contributed by atoms with van der Waals surface area (Å²) >= 11 is 0. The Labute approximate surface area is 164 Å². The van der Waals surface area contributed by atoms with Crippen molar-refractivity contribution in [3.8, 4) is 0 Å². The van der Waals surface area contributed by atoms with Crippen molar-refractivity contribution in [2.24, 2.45) is 5.92 Å². The van der Waals surface area contributed by atoms with Crippen LogP contribution in [0.15, 0.2) is 18.6 Å². The first-order chi connectivity index (χ1) is 13.6. The van der Waals surface area contributed by atoms with Crippen LogP contribution in [-0.4, -0.2) is 69.1 Å². The number of nitrogens with zero attached hydrogens (tertiary/aromatic N) is 5. The summed E-state index contributed by atoms with van der Waals surface area (Å²) in [6, 6.07) is 0. The van der Waals surface area contributed by atoms with Gasteiger partial charge in [-0.25, -0.2) is 14.3 Å². The molecule has 0 N–H and O–H groups in total. The fourth-order valence-corrected chi connectivity index (χ4v) is 4.14. The molecule has 0 bridgehead atoms. The van der Waals surface area contributed by atoms with Gasteiger partial charge in [0.1, 0.15) is 5.56 Å². The Bertz CT molecular complexity index is 857. The van der Waals surface area contributed by atoms with Crippen LogP contribution in [0.1, 0.15) is 48.5 Å². The zero-order valence-electron chi connectivity index (χ0n) is 16.3. The zero-order chi connectivity index (χ0) is 19.5. The van der Waals surface area contributed by atoms with Crippen molar-refractivity contribution in [1.82, 2.24) is 24.4 Å². The largest absolute Gasteiger partial charge is 0.462 e. The van der Waals surface area contributed by atoms with Crippen molar-refractivity contribution in [1.29, 1.82) is 0 Å². The summed E-state index contributed by atoms with van der Waals surface area (Å²) in [6.45, 7) is 6.83. The third kappa shape index (κ3) is 4.01. The summed E-state index contributed by atoms with van der Waals surface area (Å²) in [6.07, 6.45) is 9.23. The molecule has 28 heavy (non-hydrogen) atoms. The summed E-state index contributed by atoms with van der Waals surface area (Å²) in [7, 11) is 0. The normalized spacial score (nSPS) is 18.9. The molecule has 2 aromatic heterocycles. The van der Waals surface area contributed by atoms with Gasteiger partial charge >= 0.3 is 5.97 Å². The van der Waals surface area contributed by atoms with E-state index in [0.29, 0.717) is 29.6 Å². The highest BCUT2D eigenvalue weighted by Gasteiger charge is 2.26. The van der Waals surface area contributed by atoms with Crippen LogP contribution in [0, 0.1) is 5.92 Å². The second-order valence-electron chi connectivity index (χ2n) is 7.67. The molecule has 0 radical (unpaired) electrons. The van der Waals surface area contributed by atoms with E-state index in [1.54, 1.807) is 11.4 Å². The Morgan fingerprint density at radius 1 is 1.25 bits per heavy atom. The first kappa shape index (κ1) is 18.9. The Morgan fingerprint density at radius 2 is 2.07 bits per heavy atom. The molecule has 8 nitrogen and oxygen atoms in total. The summed E-state index contributed by atoms with van der Waals surface area (Å²) in [5.74, 6) is 0.539. The van der Waals surface area contributed by atoms with Crippen LogP contribution in [0.3, 0.4) is 0 Å². The smallest absolute Gasteiger partial charge is 0.343 e. The Morgan fingerprint density at radius 3 is 2.79 bits per heavy atom. The van der Waals surface area contributed by atoms with Crippen molar-refractivity contribution in [2.75, 3.05) is 32.8 Å². The number of rotatable bonds is 6. The number of aromatic nitrogens is 3. The van der Waals surface area contributed by atoms with Gasteiger partial charge in [0.2, 0.25) is 5.91 Å². The highest BCUT2D eigenvalue weighted by Crippen LogP contribution is 2.22. The molecule has 4 heterocycles. The quantitative estimate of drug-likeness (QED) is 0.705. The Balaban J connectivity index is 1.33. The number of hydrogen-bond donors (Lipinski definition) is 0. The van der Waals surface area contributed by atoms with Gasteiger partial charge < -0.3 is 9.64 Å². The highest BCUT2D eigenvalue weighted by atomic mass is 16.5. The Hall–Kier alpha value is -2.48. The minimum Gasteiger partial charge on any atom is -0.462 e. The standard InChI is InChI=1S/C20H27N5O3/c1-2-28-20(27)17-11-22-25-14-16(10-21-19(17)25)12-23-8-5-15(6-9-23)13-24-7-3-4-18(24)26/h10-11,14-15H,2-9,12-13H2,1H3. The lowest BCUT2D eigenvalue weighted by Crippen LogP contribution is -2.38. The molecular formula is C20H27N5O3. The lowest BCUT2D eigenvalue weighted by molar-refractivity contribution is -0.128. The number of carbonyl (C=O) groups is 2. The number of hydrogen-bond acceptors (Lipinski definition) is 6. The fourth-order valence-electron chi connectivity index (χ4n) is 4.14. The van der Waals surface area contributed by atoms with Gasteiger partial charge in [-0.1, -0.05) is 0 Å². The topological polar surface area (TPSA) is 80.0 Å². The van der Waals surface area contributed by atoms with E-state index in [1.165, 1.54) is 6.20 Å². The molecular weight excluding hydrogens is 358 g/mol. The van der Waals surface area contributed by atoms with Gasteiger partial charge in [0.15, 0.2) is 5.65 Å². The van der Waals surface area contributed by atoms with Gasteiger partial charge in [0.25, 0.3) is 0 Å². The van der Waals surface area contributed by atoms with Gasteiger partial charge in [-0.15, -0.1) is 0 Å². The predicted molar refractivity (Wildman–Crippen MR) is 103 cm³/mol. The van der Waals surface area contributed by atoms with E-state index in [9.17, 15) is 9.59 Å². The minimum absolute atomic E-state index is 0.322. The van der Waals surface area contributed by atoms with Crippen molar-refractivity contribution in [3.05, 3.63) is 29.7 Å². The number of esters is 1. The van der Waals surface area contributed by atoms with E-state index in [-0.39, 0.29) is 0 Å². The molecule has 150 valence electrons. The molecule has 0 spiro atoms. The van der Waals surface area contributed by atoms with E-state index < -0.39 is 5.97 Å². The molecule has 0 aromatic carbocycles. The molecule has 2 saturated heterocycles. The van der Waals surface area contributed by atoms with Crippen LogP contribution in [-0.2, 0) is 16.1 Å². The van der Waals surface area contributed by atoms with Gasteiger partial charge in [0.05, 0.1) is 12.8 Å². The van der Waals surface area contributed by atoms with Gasteiger partial charge in [-0.2, -0.15) is 5.10 Å². The number of ether oxygens (including phenoxy) is 1. The van der Waals surface area contributed by atoms with Crippen molar-refractivity contribution in [3.63, 3.8) is 0 Å². The average molecular weight is 385 g/mol. The van der Waals surface area contributed by atoms with Gasteiger partial charge in [-0.3, -0.25) is 9.69 Å². The molecule has 0 aliphatic carbocycles. The summed E-state index contributed by atoms with van der Waals surface area (Å²) in [4.78, 5) is 32.6. The molecule has 1 amide bonds. The maximum Gasteiger partial charge on any atom is 0.343 e. The molecule has 0 unspecified atom stereocenters. The molecule has 2 aromatic rings. The van der Waals surface area contributed by atoms with Crippen LogP contribution < -0.4 is 0 Å². The monoisotopic (exact) mass is 385 g/mol. The first-order valence-corrected chi connectivity index (χ1v) is 10.1. The minimum atomic E-state index is -0.392. The van der Waals surface area contributed by atoms with Crippen LogP contribution in [0.25, 0.3) is 5.65 Å². The SMILES string of the molecule is CCOC(=O)c1cnn2cc(CN3CCC(CN4CCCC4=O)CC3)cnc12. The molecule has 2 fully saturated rings. The molecule has 0 saturated carbocycles. The Kier molecular flexibility index (Phi) is 5.57. The van der Waals surface area contributed by atoms with Crippen LogP contribution in [0.5, 0.6) is 0 Å². The average Bonchev–Trinajstić information content (AvgIpc) is 3.29. The van der Waals surface area contributed by atoms with E-state index >= 15 is 0 Å². The maximum atomic E-state index is 11.9. The summed E-state index contributed by atoms with van der Waals surface area (Å²) in [5.41, 5.74) is 1.99. The second kappa shape index (κ2) is 8.26. The van der Waals surface area contributed by atoms with Crippen LogP contribution in [0.4, 0.5) is 0 Å². The molecule has 2 aliphatic heterocycles. The van der Waals surface area contributed by atoms with Gasteiger partial charge in [-0.05, 0) is 45.2 Å². The number of carbonyl (C=O) groups excluding carboxylic acids is 2. The second-order valence-corrected chi connectivity index (χ2v) is 7.67. The third-order valence-corrected chi connectivity index (χ3v) is 5.67. The van der Waals surface area contributed by atoms with E-state index in [0.717, 1.165) is 64.0 Å². The van der Waals surface area contributed by atoms with Crippen molar-refractivity contribution < 1.29 is 14.3 Å². The third-order valence-electron chi connectivity index (χ3n) is 5.67. The number of amides is 1. The van der Waals surface area contributed by atoms with Crippen LogP contribution in [0.2, 0.25) is 0 Å². The van der Waals surface area contributed by atoms with Crippen molar-refractivity contribution in [2.45, 2.75) is 39.2 Å². The summed E-state index contributed by atoms with van der Waals surface area (Å²) in [5, 5.41) is 4.25. The lowest BCUT2D eigenvalue weighted by atomic mass is 9.96. The zero-order valence-corrected chi connectivity index (χ0v) is 16.3. The molecule has 8 heteroatoms. The first-order valence-electron chi connectivity index (χ1n) is 10.1. The fraction of sp³-hybridized carbons (Fsp3) is 0.600. The van der Waals surface area contributed by atoms with Crippen LogP contribution >= 0.6 is 0 Å². The molecule has 2 aliphatic rings. The molecule has 4 rings (SSSR count). The summed E-state index contributed by atoms with van der Waals surface area (Å²) < 4.78 is 6.69. The highest BCUT2D eigenvalue weighted by molar-refractivity contribution is 5.95. The lowest BCUT2D eigenvalue weighted by Gasteiger charge is -2.33. The number of likely N-dealkylation sites (tertiary alicyclic amines) is 2. The van der Waals surface area contributed by atoms with E-state index in [1.807, 2.05) is 17.3 Å². The number of fused-ring (bicyclic) bond motifs is 1. The number of piperidine rings is 1. The molecule has 0 atom stereocenters. The van der Waals surface area contributed by atoms with Gasteiger partial charge in [0, 0.05) is 44.0 Å². The van der Waals surface area contributed by atoms with Crippen molar-refractivity contribution >= 4 is 17.5 Å². The van der Waals surface area contributed by atoms with E-state index in [4.69, 9.17) is 4.74 Å². The predicted octanol–water partition coefficient (Wildman–Crippen LogP) is 1.74. The maximum absolute atomic E-state index is 11.9.